The molecule has 27 heavy (non-hydrogen) atoms. The van der Waals surface area contributed by atoms with E-state index in [9.17, 15) is 4.39 Å². The van der Waals surface area contributed by atoms with Crippen molar-refractivity contribution in [1.82, 2.24) is 5.32 Å². The van der Waals surface area contributed by atoms with Crippen molar-refractivity contribution in [3.05, 3.63) is 59.4 Å². The van der Waals surface area contributed by atoms with Crippen LogP contribution in [0.15, 0.2) is 42.5 Å². The zero-order valence-corrected chi connectivity index (χ0v) is 16.7. The van der Waals surface area contributed by atoms with E-state index in [-0.39, 0.29) is 24.8 Å². The predicted molar refractivity (Wildman–Crippen MR) is 109 cm³/mol. The zero-order valence-electron chi connectivity index (χ0n) is 15.9. The highest BCUT2D eigenvalue weighted by Crippen LogP contribution is 2.32. The molecule has 1 aliphatic rings. The van der Waals surface area contributed by atoms with Crippen LogP contribution in [0.5, 0.6) is 11.5 Å². The summed E-state index contributed by atoms with van der Waals surface area (Å²) in [6.07, 6.45) is 6.41. The average Bonchev–Trinajstić information content (AvgIpc) is 2.68. The lowest BCUT2D eigenvalue weighted by Gasteiger charge is -2.24. The monoisotopic (exact) mass is 393 g/mol. The van der Waals surface area contributed by atoms with Crippen molar-refractivity contribution in [1.29, 1.82) is 0 Å². The molecule has 148 valence electrons. The standard InChI is InChI=1S/C22H28FNO2.ClH/c1-2-25-21-14-8-10-17(15-24-19-11-4-3-5-12-19)22(21)26-16-18-9-6-7-13-20(18)23;/h6-10,13-14,19,24H,2-5,11-12,15-16H2,1H3;1H. The van der Waals surface area contributed by atoms with Gasteiger partial charge in [-0.3, -0.25) is 0 Å². The summed E-state index contributed by atoms with van der Waals surface area (Å²) >= 11 is 0. The summed E-state index contributed by atoms with van der Waals surface area (Å²) in [6, 6.07) is 13.2. The topological polar surface area (TPSA) is 30.5 Å². The number of halogens is 2. The Hall–Kier alpha value is -1.78. The van der Waals surface area contributed by atoms with Gasteiger partial charge in [0.05, 0.1) is 6.61 Å². The first-order chi connectivity index (χ1) is 12.8. The van der Waals surface area contributed by atoms with Crippen molar-refractivity contribution in [2.45, 2.75) is 58.2 Å². The lowest BCUT2D eigenvalue weighted by Crippen LogP contribution is -2.30. The lowest BCUT2D eigenvalue weighted by atomic mass is 9.95. The normalized spacial score (nSPS) is 14.4. The summed E-state index contributed by atoms with van der Waals surface area (Å²) in [6.45, 7) is 3.44. The van der Waals surface area contributed by atoms with Crippen molar-refractivity contribution < 1.29 is 13.9 Å². The number of para-hydroxylation sites is 1. The molecule has 0 aromatic heterocycles. The molecule has 0 amide bonds. The summed E-state index contributed by atoms with van der Waals surface area (Å²) < 4.78 is 25.7. The van der Waals surface area contributed by atoms with Crippen LogP contribution in [0.2, 0.25) is 0 Å². The molecule has 0 atom stereocenters. The maximum Gasteiger partial charge on any atom is 0.166 e. The highest BCUT2D eigenvalue weighted by atomic mass is 35.5. The Balaban J connectivity index is 0.00000261. The maximum absolute atomic E-state index is 13.9. The van der Waals surface area contributed by atoms with E-state index in [1.165, 1.54) is 38.2 Å². The molecule has 0 bridgehead atoms. The van der Waals surface area contributed by atoms with Crippen molar-refractivity contribution in [2.24, 2.45) is 0 Å². The molecule has 1 aliphatic carbocycles. The van der Waals surface area contributed by atoms with Gasteiger partial charge in [-0.2, -0.15) is 0 Å². The van der Waals surface area contributed by atoms with E-state index >= 15 is 0 Å². The van der Waals surface area contributed by atoms with Crippen molar-refractivity contribution >= 4 is 12.4 Å². The Morgan fingerprint density at radius 1 is 0.963 bits per heavy atom. The van der Waals surface area contributed by atoms with E-state index < -0.39 is 0 Å². The van der Waals surface area contributed by atoms with Gasteiger partial charge >= 0.3 is 0 Å². The molecule has 0 spiro atoms. The largest absolute Gasteiger partial charge is 0.490 e. The third-order valence-electron chi connectivity index (χ3n) is 4.88. The third kappa shape index (κ3) is 6.12. The van der Waals surface area contributed by atoms with Gasteiger partial charge in [-0.15, -0.1) is 12.4 Å². The second-order valence-electron chi connectivity index (χ2n) is 6.77. The van der Waals surface area contributed by atoms with Crippen LogP contribution in [0.25, 0.3) is 0 Å². The minimum absolute atomic E-state index is 0. The molecule has 3 nitrogen and oxygen atoms in total. The molecule has 0 heterocycles. The van der Waals surface area contributed by atoms with E-state index in [1.807, 2.05) is 25.1 Å². The van der Waals surface area contributed by atoms with Crippen molar-refractivity contribution in [3.8, 4) is 11.5 Å². The molecule has 5 heteroatoms. The van der Waals surface area contributed by atoms with Gasteiger partial charge < -0.3 is 14.8 Å². The minimum Gasteiger partial charge on any atom is -0.490 e. The minimum atomic E-state index is -0.247. The number of hydrogen-bond acceptors (Lipinski definition) is 3. The molecule has 0 radical (unpaired) electrons. The van der Waals surface area contributed by atoms with Gasteiger partial charge in [0.25, 0.3) is 0 Å². The highest BCUT2D eigenvalue weighted by molar-refractivity contribution is 5.85. The molecule has 2 aromatic carbocycles. The molecule has 1 fully saturated rings. The van der Waals surface area contributed by atoms with E-state index in [0.717, 1.165) is 12.1 Å². The van der Waals surface area contributed by atoms with Gasteiger partial charge in [0.15, 0.2) is 11.5 Å². The first-order valence-electron chi connectivity index (χ1n) is 9.62. The average molecular weight is 394 g/mol. The second kappa shape index (κ2) is 11.2. The molecular formula is C22H29ClFNO2. The molecule has 0 aliphatic heterocycles. The molecule has 2 aromatic rings. The molecule has 0 saturated heterocycles. The fourth-order valence-corrected chi connectivity index (χ4v) is 3.46. The summed E-state index contributed by atoms with van der Waals surface area (Å²) in [4.78, 5) is 0. The van der Waals surface area contributed by atoms with Crippen LogP contribution >= 0.6 is 12.4 Å². The summed E-state index contributed by atoms with van der Waals surface area (Å²) in [5.41, 5.74) is 1.60. The smallest absolute Gasteiger partial charge is 0.166 e. The molecule has 1 saturated carbocycles. The van der Waals surface area contributed by atoms with Gasteiger partial charge in [0, 0.05) is 23.7 Å². The Bertz CT molecular complexity index is 704. The molecular weight excluding hydrogens is 365 g/mol. The molecule has 0 unspecified atom stereocenters. The second-order valence-corrected chi connectivity index (χ2v) is 6.77. The van der Waals surface area contributed by atoms with Gasteiger partial charge in [-0.1, -0.05) is 49.6 Å². The van der Waals surface area contributed by atoms with Crippen LogP contribution in [0.1, 0.15) is 50.2 Å². The molecule has 3 rings (SSSR count). The van der Waals surface area contributed by atoms with Gasteiger partial charge in [0.1, 0.15) is 12.4 Å². The predicted octanol–water partition coefficient (Wildman–Crippen LogP) is 5.65. The van der Waals surface area contributed by atoms with Crippen molar-refractivity contribution in [3.63, 3.8) is 0 Å². The van der Waals surface area contributed by atoms with E-state index in [4.69, 9.17) is 9.47 Å². The zero-order chi connectivity index (χ0) is 18.2. The quantitative estimate of drug-likeness (QED) is 0.628. The third-order valence-corrected chi connectivity index (χ3v) is 4.88. The van der Waals surface area contributed by atoms with Gasteiger partial charge in [-0.05, 0) is 31.9 Å². The first kappa shape index (κ1) is 21.5. The van der Waals surface area contributed by atoms with Crippen LogP contribution in [0.3, 0.4) is 0 Å². The number of ether oxygens (including phenoxy) is 2. The SMILES string of the molecule is CCOc1cccc(CNC2CCCCC2)c1OCc1ccccc1F.Cl. The maximum atomic E-state index is 13.9. The van der Waals surface area contributed by atoms with Gasteiger partial charge in [-0.25, -0.2) is 4.39 Å². The van der Waals surface area contributed by atoms with Crippen molar-refractivity contribution in [2.75, 3.05) is 6.61 Å². The van der Waals surface area contributed by atoms with E-state index in [2.05, 4.69) is 11.4 Å². The number of rotatable bonds is 8. The summed E-state index contributed by atoms with van der Waals surface area (Å²) in [5.74, 6) is 1.18. The fourth-order valence-electron chi connectivity index (χ4n) is 3.46. The highest BCUT2D eigenvalue weighted by Gasteiger charge is 2.16. The summed E-state index contributed by atoms with van der Waals surface area (Å²) in [7, 11) is 0. The molecule has 1 N–H and O–H groups in total. The number of benzene rings is 2. The van der Waals surface area contributed by atoms with Crippen LogP contribution < -0.4 is 14.8 Å². The first-order valence-corrected chi connectivity index (χ1v) is 9.62. The van der Waals surface area contributed by atoms with Crippen LogP contribution in [-0.4, -0.2) is 12.6 Å². The summed E-state index contributed by atoms with van der Waals surface area (Å²) in [5, 5.41) is 3.65. The Morgan fingerprint density at radius 2 is 1.70 bits per heavy atom. The van der Waals surface area contributed by atoms with E-state index in [0.29, 0.717) is 29.7 Å². The Kier molecular flexibility index (Phi) is 8.89. The Labute approximate surface area is 167 Å². The van der Waals surface area contributed by atoms with Crippen LogP contribution in [0, 0.1) is 5.82 Å². The number of hydrogen-bond donors (Lipinski definition) is 1. The fraction of sp³-hybridized carbons (Fsp3) is 0.455. The van der Waals surface area contributed by atoms with Crippen LogP contribution in [-0.2, 0) is 13.2 Å². The van der Waals surface area contributed by atoms with Gasteiger partial charge in [0.2, 0.25) is 0 Å². The van der Waals surface area contributed by atoms with E-state index in [1.54, 1.807) is 12.1 Å². The van der Waals surface area contributed by atoms with Crippen LogP contribution in [0.4, 0.5) is 4.39 Å². The lowest BCUT2D eigenvalue weighted by molar-refractivity contribution is 0.261. The number of nitrogens with one attached hydrogen (secondary N) is 1. The Morgan fingerprint density at radius 3 is 2.44 bits per heavy atom.